The van der Waals surface area contributed by atoms with Crippen LogP contribution in [0.2, 0.25) is 0 Å². The van der Waals surface area contributed by atoms with Crippen LogP contribution in [-0.2, 0) is 9.59 Å². The van der Waals surface area contributed by atoms with Crippen LogP contribution >= 0.6 is 23.2 Å². The summed E-state index contributed by atoms with van der Waals surface area (Å²) in [6.45, 7) is 13.2. The van der Waals surface area contributed by atoms with Crippen molar-refractivity contribution < 1.29 is 37.3 Å². The van der Waals surface area contributed by atoms with Crippen molar-refractivity contribution in [3.05, 3.63) is 96.6 Å². The summed E-state index contributed by atoms with van der Waals surface area (Å²) in [5, 5.41) is -1.56. The fourth-order valence-electron chi connectivity index (χ4n) is 5.51. The number of unbranched alkanes of at least 4 members (excludes halogenated alkanes) is 6. The van der Waals surface area contributed by atoms with Crippen molar-refractivity contribution in [2.75, 3.05) is 13.2 Å². The average molecular weight is 828 g/mol. The highest BCUT2D eigenvalue weighted by Gasteiger charge is 2.25. The molecule has 0 aliphatic heterocycles. The molecule has 0 saturated heterocycles. The second kappa shape index (κ2) is 25.3. The molecule has 57 heavy (non-hydrogen) atoms. The number of alkyl halides is 2. The minimum atomic E-state index is -1.22. The summed E-state index contributed by atoms with van der Waals surface area (Å²) in [7, 11) is 0. The lowest BCUT2D eigenvalue weighted by atomic mass is 10.0. The summed E-state index contributed by atoms with van der Waals surface area (Å²) in [5.41, 5.74) is 2.71. The van der Waals surface area contributed by atoms with E-state index in [0.29, 0.717) is 23.7 Å². The summed E-state index contributed by atoms with van der Waals surface area (Å²) in [6.07, 6.45) is 10.1. The Morgan fingerprint density at radius 1 is 0.544 bits per heavy atom. The standard InChI is InChI=1S/C24H31ClO3.C23H27ClF2O3/c1-4-6-7-8-17-27-21-13-9-19(10-14-21)20-11-15-22(16-12-20)28-24(26)23(25)18(3)5-2;1-4-5-6-7-14-28-17-10-8-16(9-11-17)18-12-13-19(22(26)21(18)25)29-23(27)20(24)15(2)3/h9-16,18,23H,4-8,17H2,1-3H3;8-13,15,20H,4-7,14H2,1-3H3. The maximum Gasteiger partial charge on any atom is 0.329 e. The SMILES string of the molecule is CCCCCCOc1ccc(-c2ccc(OC(=O)C(Cl)C(C)C)c(F)c2F)cc1.CCCCCCOc1ccc(-c2ccc(OC(=O)C(Cl)C(C)CC)cc2)cc1. The number of hydrogen-bond donors (Lipinski definition) is 0. The quantitative estimate of drug-likeness (QED) is 0.0361. The van der Waals surface area contributed by atoms with Crippen LogP contribution in [-0.4, -0.2) is 35.9 Å². The van der Waals surface area contributed by atoms with E-state index in [-0.39, 0.29) is 17.4 Å². The van der Waals surface area contributed by atoms with E-state index in [9.17, 15) is 18.4 Å². The largest absolute Gasteiger partial charge is 0.494 e. The Hall–Kier alpha value is -4.14. The summed E-state index contributed by atoms with van der Waals surface area (Å²) in [6, 6.07) is 24.9. The third kappa shape index (κ3) is 15.6. The maximum atomic E-state index is 14.5. The van der Waals surface area contributed by atoms with E-state index in [1.165, 1.54) is 44.2 Å². The summed E-state index contributed by atoms with van der Waals surface area (Å²) in [4.78, 5) is 24.0. The molecule has 0 N–H and O–H groups in total. The second-order valence-corrected chi connectivity index (χ2v) is 15.3. The van der Waals surface area contributed by atoms with Gasteiger partial charge in [0.2, 0.25) is 5.82 Å². The molecule has 4 aromatic rings. The normalized spacial score (nSPS) is 12.5. The van der Waals surface area contributed by atoms with Crippen LogP contribution in [0.25, 0.3) is 22.3 Å². The lowest BCUT2D eigenvalue weighted by Gasteiger charge is -2.15. The molecule has 6 nitrogen and oxygen atoms in total. The van der Waals surface area contributed by atoms with Crippen molar-refractivity contribution in [3.8, 4) is 45.3 Å². The number of carbonyl (C=O) groups is 2. The van der Waals surface area contributed by atoms with Crippen LogP contribution in [0.3, 0.4) is 0 Å². The van der Waals surface area contributed by atoms with E-state index < -0.39 is 40.1 Å². The molecule has 10 heteroatoms. The minimum absolute atomic E-state index is 0.0723. The first kappa shape index (κ1) is 47.2. The van der Waals surface area contributed by atoms with Crippen LogP contribution in [0, 0.1) is 23.5 Å². The first-order valence-electron chi connectivity index (χ1n) is 20.2. The monoisotopic (exact) mass is 826 g/mol. The molecule has 0 heterocycles. The van der Waals surface area contributed by atoms with Gasteiger partial charge < -0.3 is 18.9 Å². The Bertz CT molecular complexity index is 1780. The molecule has 4 rings (SSSR count). The van der Waals surface area contributed by atoms with E-state index in [4.69, 9.17) is 42.1 Å². The molecule has 3 atom stereocenters. The van der Waals surface area contributed by atoms with E-state index >= 15 is 0 Å². The average Bonchev–Trinajstić information content (AvgIpc) is 3.22. The number of rotatable bonds is 21. The Kier molecular flexibility index (Phi) is 20.9. The van der Waals surface area contributed by atoms with Crippen LogP contribution in [0.5, 0.6) is 23.0 Å². The molecular formula is C47H58Cl2F2O6. The van der Waals surface area contributed by atoms with E-state index in [0.717, 1.165) is 49.2 Å². The van der Waals surface area contributed by atoms with Crippen LogP contribution in [0.1, 0.15) is 99.3 Å². The zero-order valence-corrected chi connectivity index (χ0v) is 35.6. The summed E-state index contributed by atoms with van der Waals surface area (Å²) < 4.78 is 50.7. The number of ether oxygens (including phenoxy) is 4. The van der Waals surface area contributed by atoms with Gasteiger partial charge in [0.05, 0.1) is 13.2 Å². The van der Waals surface area contributed by atoms with Crippen molar-refractivity contribution in [2.24, 2.45) is 11.8 Å². The topological polar surface area (TPSA) is 71.1 Å². The highest BCUT2D eigenvalue weighted by atomic mass is 35.5. The minimum Gasteiger partial charge on any atom is -0.494 e. The Labute approximate surface area is 348 Å². The number of carbonyl (C=O) groups excluding carboxylic acids is 2. The number of hydrogen-bond acceptors (Lipinski definition) is 6. The highest BCUT2D eigenvalue weighted by molar-refractivity contribution is 6.30. The molecule has 4 aromatic carbocycles. The molecular weight excluding hydrogens is 769 g/mol. The zero-order valence-electron chi connectivity index (χ0n) is 34.1. The van der Waals surface area contributed by atoms with Crippen molar-refractivity contribution in [1.29, 1.82) is 0 Å². The third-order valence-electron chi connectivity index (χ3n) is 9.40. The van der Waals surface area contributed by atoms with Gasteiger partial charge in [-0.05, 0) is 89.9 Å². The smallest absolute Gasteiger partial charge is 0.329 e. The fourth-order valence-corrected chi connectivity index (χ4v) is 5.78. The van der Waals surface area contributed by atoms with Gasteiger partial charge in [0.25, 0.3) is 0 Å². The second-order valence-electron chi connectivity index (χ2n) is 14.4. The molecule has 0 radical (unpaired) electrons. The number of benzene rings is 4. The van der Waals surface area contributed by atoms with Gasteiger partial charge in [-0.3, -0.25) is 9.59 Å². The number of esters is 2. The maximum absolute atomic E-state index is 14.5. The van der Waals surface area contributed by atoms with Crippen molar-refractivity contribution >= 4 is 35.1 Å². The van der Waals surface area contributed by atoms with Gasteiger partial charge >= 0.3 is 11.9 Å². The predicted molar refractivity (Wildman–Crippen MR) is 228 cm³/mol. The summed E-state index contributed by atoms with van der Waals surface area (Å²) in [5.74, 6) is -2.02. The van der Waals surface area contributed by atoms with Gasteiger partial charge in [-0.15, -0.1) is 23.2 Å². The van der Waals surface area contributed by atoms with Gasteiger partial charge in [-0.25, -0.2) is 4.39 Å². The predicted octanol–water partition coefficient (Wildman–Crippen LogP) is 13.6. The highest BCUT2D eigenvalue weighted by Crippen LogP contribution is 2.32. The first-order valence-corrected chi connectivity index (χ1v) is 21.0. The van der Waals surface area contributed by atoms with Gasteiger partial charge in [0, 0.05) is 5.56 Å². The van der Waals surface area contributed by atoms with Gasteiger partial charge in [0.15, 0.2) is 11.6 Å². The fraction of sp³-hybridized carbons (Fsp3) is 0.447. The van der Waals surface area contributed by atoms with Crippen molar-refractivity contribution in [1.82, 2.24) is 0 Å². The van der Waals surface area contributed by atoms with Gasteiger partial charge in [-0.2, -0.15) is 4.39 Å². The molecule has 0 aliphatic rings. The number of halogens is 4. The van der Waals surface area contributed by atoms with E-state index in [1.54, 1.807) is 50.2 Å². The Morgan fingerprint density at radius 3 is 1.46 bits per heavy atom. The van der Waals surface area contributed by atoms with Gasteiger partial charge in [-0.1, -0.05) is 123 Å². The summed E-state index contributed by atoms with van der Waals surface area (Å²) >= 11 is 12.1. The molecule has 0 spiro atoms. The third-order valence-corrected chi connectivity index (χ3v) is 10.7. The molecule has 0 saturated carbocycles. The van der Waals surface area contributed by atoms with E-state index in [2.05, 4.69) is 13.8 Å². The van der Waals surface area contributed by atoms with E-state index in [1.807, 2.05) is 50.2 Å². The lowest BCUT2D eigenvalue weighted by molar-refractivity contribution is -0.135. The van der Waals surface area contributed by atoms with Gasteiger partial charge in [0.1, 0.15) is 28.0 Å². The van der Waals surface area contributed by atoms with Crippen LogP contribution in [0.15, 0.2) is 84.9 Å². The van der Waals surface area contributed by atoms with Crippen molar-refractivity contribution in [3.63, 3.8) is 0 Å². The first-order chi connectivity index (χ1) is 27.4. The Morgan fingerprint density at radius 2 is 1.00 bits per heavy atom. The lowest BCUT2D eigenvalue weighted by Crippen LogP contribution is -2.26. The molecule has 0 amide bonds. The molecule has 310 valence electrons. The molecule has 0 bridgehead atoms. The molecule has 3 unspecified atom stereocenters. The zero-order chi connectivity index (χ0) is 41.7. The molecule has 0 aliphatic carbocycles. The Balaban J connectivity index is 0.000000306. The molecule has 0 fully saturated rings. The van der Waals surface area contributed by atoms with Crippen LogP contribution in [0.4, 0.5) is 8.78 Å². The van der Waals surface area contributed by atoms with Crippen molar-refractivity contribution in [2.45, 2.75) is 110 Å². The molecule has 0 aromatic heterocycles. The van der Waals surface area contributed by atoms with Crippen LogP contribution < -0.4 is 18.9 Å².